The molecule has 31 heavy (non-hydrogen) atoms. The second-order valence-corrected chi connectivity index (χ2v) is 7.84. The first kappa shape index (κ1) is 19.2. The topological polar surface area (TPSA) is 95.7 Å². The minimum Gasteiger partial charge on any atom is -0.492 e. The molecule has 7 nitrogen and oxygen atoms in total. The van der Waals surface area contributed by atoms with Crippen molar-refractivity contribution in [1.29, 1.82) is 0 Å². The van der Waals surface area contributed by atoms with Crippen molar-refractivity contribution in [2.75, 3.05) is 24.5 Å². The number of hydrogen-bond acceptors (Lipinski definition) is 7. The predicted octanol–water partition coefficient (Wildman–Crippen LogP) is 4.93. The van der Waals surface area contributed by atoms with Crippen molar-refractivity contribution >= 4 is 38.8 Å². The molecule has 3 heterocycles. The molecule has 8 heteroatoms. The number of carbonyl (C=O) groups is 1. The maximum Gasteiger partial charge on any atom is 0.268 e. The Balaban J connectivity index is 1.47. The van der Waals surface area contributed by atoms with E-state index in [-0.39, 0.29) is 12.7 Å². The molecule has 0 bridgehead atoms. The number of amides is 1. The predicted molar refractivity (Wildman–Crippen MR) is 121 cm³/mol. The summed E-state index contributed by atoms with van der Waals surface area (Å²) in [4.78, 5) is 18.8. The van der Waals surface area contributed by atoms with Gasteiger partial charge in [-0.25, -0.2) is 4.98 Å². The maximum absolute atomic E-state index is 12.9. The minimum absolute atomic E-state index is 0.220. The van der Waals surface area contributed by atoms with Crippen molar-refractivity contribution in [1.82, 2.24) is 4.98 Å². The van der Waals surface area contributed by atoms with Crippen LogP contribution < -0.4 is 25.3 Å². The third-order valence-corrected chi connectivity index (χ3v) is 6.02. The van der Waals surface area contributed by atoms with Crippen LogP contribution in [0.1, 0.15) is 16.6 Å². The lowest BCUT2D eigenvalue weighted by atomic mass is 10.1. The molecule has 5 rings (SSSR count). The third kappa shape index (κ3) is 3.51. The van der Waals surface area contributed by atoms with Gasteiger partial charge >= 0.3 is 0 Å². The molecule has 0 saturated carbocycles. The molecular formula is C23H19N3O4S. The standard InChI is InChI=1S/C23H19N3O4S/c1-2-28-17-6-4-3-5-16(17)25-22(27)21-20(24)14-8-9-15(26-23(14)31-21)13-7-10-18-19(11-13)30-12-29-18/h3-11H,2,12,24H2,1H3,(H,25,27). The monoisotopic (exact) mass is 433 g/mol. The number of thiophene rings is 1. The van der Waals surface area contributed by atoms with Crippen LogP contribution in [0.2, 0.25) is 0 Å². The van der Waals surface area contributed by atoms with Crippen molar-refractivity contribution in [2.24, 2.45) is 0 Å². The Morgan fingerprint density at radius 2 is 2.00 bits per heavy atom. The second-order valence-electron chi connectivity index (χ2n) is 6.85. The number of nitrogens with zero attached hydrogens (tertiary/aromatic N) is 1. The van der Waals surface area contributed by atoms with Gasteiger partial charge in [-0.3, -0.25) is 4.79 Å². The fourth-order valence-corrected chi connectivity index (χ4v) is 4.40. The molecule has 1 aliphatic heterocycles. The lowest BCUT2D eigenvalue weighted by Gasteiger charge is -2.10. The van der Waals surface area contributed by atoms with E-state index in [0.717, 1.165) is 22.4 Å². The number of ether oxygens (including phenoxy) is 3. The molecule has 0 fully saturated rings. The van der Waals surface area contributed by atoms with Gasteiger partial charge in [-0.05, 0) is 49.4 Å². The van der Waals surface area contributed by atoms with Gasteiger partial charge in [0.2, 0.25) is 6.79 Å². The largest absolute Gasteiger partial charge is 0.492 e. The van der Waals surface area contributed by atoms with Gasteiger partial charge < -0.3 is 25.3 Å². The number of anilines is 2. The van der Waals surface area contributed by atoms with E-state index in [2.05, 4.69) is 5.32 Å². The van der Waals surface area contributed by atoms with Crippen LogP contribution in [-0.4, -0.2) is 24.3 Å². The van der Waals surface area contributed by atoms with Gasteiger partial charge in [0.05, 0.1) is 23.7 Å². The highest BCUT2D eigenvalue weighted by Gasteiger charge is 2.20. The lowest BCUT2D eigenvalue weighted by molar-refractivity contribution is 0.103. The number of para-hydroxylation sites is 2. The van der Waals surface area contributed by atoms with Crippen molar-refractivity contribution < 1.29 is 19.0 Å². The zero-order chi connectivity index (χ0) is 21.4. The summed E-state index contributed by atoms with van der Waals surface area (Å²) in [6.07, 6.45) is 0. The van der Waals surface area contributed by atoms with Gasteiger partial charge in [0.1, 0.15) is 15.5 Å². The number of nitrogens with two attached hydrogens (primary N) is 1. The lowest BCUT2D eigenvalue weighted by Crippen LogP contribution is -2.13. The van der Waals surface area contributed by atoms with E-state index in [1.165, 1.54) is 11.3 Å². The van der Waals surface area contributed by atoms with E-state index >= 15 is 0 Å². The Hall–Kier alpha value is -3.78. The van der Waals surface area contributed by atoms with Crippen LogP contribution in [0.25, 0.3) is 21.5 Å². The summed E-state index contributed by atoms with van der Waals surface area (Å²) in [5, 5.41) is 3.64. The molecule has 3 N–H and O–H groups in total. The van der Waals surface area contributed by atoms with E-state index in [1.807, 2.05) is 55.5 Å². The highest BCUT2D eigenvalue weighted by molar-refractivity contribution is 7.21. The Bertz CT molecular complexity index is 1300. The Labute approximate surface area is 182 Å². The number of fused-ring (bicyclic) bond motifs is 2. The molecule has 4 aromatic rings. The van der Waals surface area contributed by atoms with Gasteiger partial charge in [0.25, 0.3) is 5.91 Å². The molecule has 1 aliphatic rings. The van der Waals surface area contributed by atoms with E-state index < -0.39 is 0 Å². The smallest absolute Gasteiger partial charge is 0.268 e. The average Bonchev–Trinajstić information content (AvgIpc) is 3.39. The average molecular weight is 433 g/mol. The Kier molecular flexibility index (Phi) is 4.83. The number of pyridine rings is 1. The number of aromatic nitrogens is 1. The summed E-state index contributed by atoms with van der Waals surface area (Å²) in [5.41, 5.74) is 8.97. The first-order valence-corrected chi connectivity index (χ1v) is 10.6. The van der Waals surface area contributed by atoms with Crippen molar-refractivity contribution in [3.8, 4) is 28.5 Å². The maximum atomic E-state index is 12.9. The molecule has 0 aliphatic carbocycles. The summed E-state index contributed by atoms with van der Waals surface area (Å²) < 4.78 is 16.4. The molecule has 0 radical (unpaired) electrons. The second kappa shape index (κ2) is 7.81. The molecule has 2 aromatic heterocycles. The van der Waals surface area contributed by atoms with Crippen LogP contribution in [0.4, 0.5) is 11.4 Å². The summed E-state index contributed by atoms with van der Waals surface area (Å²) in [5.74, 6) is 1.73. The highest BCUT2D eigenvalue weighted by Crippen LogP contribution is 2.38. The molecule has 0 spiro atoms. The van der Waals surface area contributed by atoms with Crippen molar-refractivity contribution in [2.45, 2.75) is 6.92 Å². The first-order valence-electron chi connectivity index (χ1n) is 9.76. The van der Waals surface area contributed by atoms with Gasteiger partial charge in [0.15, 0.2) is 11.5 Å². The number of rotatable bonds is 5. The van der Waals surface area contributed by atoms with E-state index in [0.29, 0.717) is 39.2 Å². The van der Waals surface area contributed by atoms with Crippen LogP contribution >= 0.6 is 11.3 Å². The molecule has 0 saturated heterocycles. The van der Waals surface area contributed by atoms with E-state index in [1.54, 1.807) is 6.07 Å². The molecule has 0 atom stereocenters. The molecular weight excluding hydrogens is 414 g/mol. The number of hydrogen-bond donors (Lipinski definition) is 2. The molecule has 2 aromatic carbocycles. The molecule has 1 amide bonds. The zero-order valence-electron chi connectivity index (χ0n) is 16.7. The minimum atomic E-state index is -0.294. The number of nitrogen functional groups attached to an aromatic ring is 1. The Morgan fingerprint density at radius 3 is 2.87 bits per heavy atom. The number of nitrogens with one attached hydrogen (secondary N) is 1. The summed E-state index contributed by atoms with van der Waals surface area (Å²) in [6, 6.07) is 16.8. The normalized spacial score (nSPS) is 12.2. The zero-order valence-corrected chi connectivity index (χ0v) is 17.5. The number of benzene rings is 2. The van der Waals surface area contributed by atoms with Crippen LogP contribution in [-0.2, 0) is 0 Å². The van der Waals surface area contributed by atoms with Crippen LogP contribution in [0.15, 0.2) is 54.6 Å². The van der Waals surface area contributed by atoms with Crippen molar-refractivity contribution in [3.63, 3.8) is 0 Å². The SMILES string of the molecule is CCOc1ccccc1NC(=O)c1sc2nc(-c3ccc4c(c3)OCO4)ccc2c1N. The van der Waals surface area contributed by atoms with Gasteiger partial charge in [-0.2, -0.15) is 0 Å². The van der Waals surface area contributed by atoms with Gasteiger partial charge in [-0.15, -0.1) is 11.3 Å². The van der Waals surface area contributed by atoms with Crippen molar-refractivity contribution in [3.05, 3.63) is 59.5 Å². The Morgan fingerprint density at radius 1 is 1.16 bits per heavy atom. The number of carbonyl (C=O) groups excluding carboxylic acids is 1. The third-order valence-electron chi connectivity index (χ3n) is 4.90. The molecule has 0 unspecified atom stereocenters. The van der Waals surface area contributed by atoms with Gasteiger partial charge in [-0.1, -0.05) is 12.1 Å². The van der Waals surface area contributed by atoms with Crippen LogP contribution in [0, 0.1) is 0 Å². The fourth-order valence-electron chi connectivity index (χ4n) is 3.41. The quantitative estimate of drug-likeness (QED) is 0.464. The summed E-state index contributed by atoms with van der Waals surface area (Å²) >= 11 is 1.26. The van der Waals surface area contributed by atoms with Crippen LogP contribution in [0.3, 0.4) is 0 Å². The van der Waals surface area contributed by atoms with E-state index in [9.17, 15) is 4.79 Å². The van der Waals surface area contributed by atoms with Crippen LogP contribution in [0.5, 0.6) is 17.2 Å². The fraction of sp³-hybridized carbons (Fsp3) is 0.130. The first-order chi connectivity index (χ1) is 15.1. The van der Waals surface area contributed by atoms with Gasteiger partial charge in [0, 0.05) is 10.9 Å². The summed E-state index contributed by atoms with van der Waals surface area (Å²) in [7, 11) is 0. The molecule has 156 valence electrons. The van der Waals surface area contributed by atoms with E-state index in [4.69, 9.17) is 24.9 Å². The summed E-state index contributed by atoms with van der Waals surface area (Å²) in [6.45, 7) is 2.62. The highest BCUT2D eigenvalue weighted by atomic mass is 32.1.